The summed E-state index contributed by atoms with van der Waals surface area (Å²) in [6.07, 6.45) is 4.08. The zero-order chi connectivity index (χ0) is 15.0. The van der Waals surface area contributed by atoms with E-state index in [0.717, 1.165) is 5.56 Å². The van der Waals surface area contributed by atoms with Crippen LogP contribution < -0.4 is 0 Å². The van der Waals surface area contributed by atoms with Crippen LogP contribution in [0.2, 0.25) is 0 Å². The zero-order valence-electron chi connectivity index (χ0n) is 11.9. The smallest absolute Gasteiger partial charge is 0.326 e. The van der Waals surface area contributed by atoms with Gasteiger partial charge in [0.1, 0.15) is 12.3 Å². The summed E-state index contributed by atoms with van der Waals surface area (Å²) in [7, 11) is 0. The third-order valence-corrected chi connectivity index (χ3v) is 2.94. The van der Waals surface area contributed by atoms with E-state index in [2.05, 4.69) is 0 Å². The van der Waals surface area contributed by atoms with Gasteiger partial charge in [-0.1, -0.05) is 44.2 Å². The highest BCUT2D eigenvalue weighted by Gasteiger charge is 2.24. The van der Waals surface area contributed by atoms with E-state index in [0.29, 0.717) is 19.3 Å². The second-order valence-corrected chi connectivity index (χ2v) is 5.12. The molecule has 0 saturated carbocycles. The molecule has 0 fully saturated rings. The number of benzene rings is 1. The molecule has 0 spiro atoms. The number of rotatable bonds is 8. The van der Waals surface area contributed by atoms with E-state index >= 15 is 0 Å². The Labute approximate surface area is 119 Å². The van der Waals surface area contributed by atoms with E-state index in [-0.39, 0.29) is 5.92 Å². The number of hydrogen-bond acceptors (Lipinski definition) is 3. The van der Waals surface area contributed by atoms with Crippen LogP contribution in [0.4, 0.5) is 0 Å². The SMILES string of the molecule is CC(C)C[C@H](C(=O)O)N(/C=C/C=O)Cc1ccccc1. The lowest BCUT2D eigenvalue weighted by molar-refractivity contribution is -0.143. The molecule has 0 bridgehead atoms. The molecule has 1 aromatic carbocycles. The van der Waals surface area contributed by atoms with E-state index in [1.807, 2.05) is 44.2 Å². The van der Waals surface area contributed by atoms with Crippen molar-refractivity contribution in [1.82, 2.24) is 4.90 Å². The highest BCUT2D eigenvalue weighted by Crippen LogP contribution is 2.16. The number of carboxylic acids is 1. The van der Waals surface area contributed by atoms with Crippen molar-refractivity contribution >= 4 is 12.3 Å². The Hall–Kier alpha value is -2.10. The van der Waals surface area contributed by atoms with Crippen LogP contribution in [-0.4, -0.2) is 28.3 Å². The first-order chi connectivity index (χ1) is 9.54. The predicted octanol–water partition coefficient (Wildman–Crippen LogP) is 2.70. The average molecular weight is 275 g/mol. The van der Waals surface area contributed by atoms with Crippen LogP contribution in [0.1, 0.15) is 25.8 Å². The molecule has 4 nitrogen and oxygen atoms in total. The Morgan fingerprint density at radius 2 is 1.95 bits per heavy atom. The summed E-state index contributed by atoms with van der Waals surface area (Å²) in [6.45, 7) is 4.44. The molecule has 0 heterocycles. The van der Waals surface area contributed by atoms with Gasteiger partial charge < -0.3 is 10.0 Å². The van der Waals surface area contributed by atoms with Crippen molar-refractivity contribution in [3.05, 3.63) is 48.2 Å². The molecule has 1 aromatic rings. The first-order valence-electron chi connectivity index (χ1n) is 6.69. The van der Waals surface area contributed by atoms with Gasteiger partial charge in [-0.25, -0.2) is 4.79 Å². The van der Waals surface area contributed by atoms with Gasteiger partial charge in [-0.2, -0.15) is 0 Å². The number of aldehydes is 1. The van der Waals surface area contributed by atoms with Gasteiger partial charge in [0.25, 0.3) is 0 Å². The summed E-state index contributed by atoms with van der Waals surface area (Å²) >= 11 is 0. The minimum atomic E-state index is -0.870. The van der Waals surface area contributed by atoms with Crippen molar-refractivity contribution in [3.8, 4) is 0 Å². The monoisotopic (exact) mass is 275 g/mol. The summed E-state index contributed by atoms with van der Waals surface area (Å²) in [5.41, 5.74) is 1.01. The van der Waals surface area contributed by atoms with Crippen molar-refractivity contribution in [2.75, 3.05) is 0 Å². The van der Waals surface area contributed by atoms with Crippen LogP contribution in [-0.2, 0) is 16.1 Å². The fourth-order valence-electron chi connectivity index (χ4n) is 2.03. The maximum absolute atomic E-state index is 11.5. The van der Waals surface area contributed by atoms with Crippen molar-refractivity contribution < 1.29 is 14.7 Å². The minimum absolute atomic E-state index is 0.263. The number of carbonyl (C=O) groups is 2. The molecule has 1 N–H and O–H groups in total. The van der Waals surface area contributed by atoms with Crippen LogP contribution in [0.3, 0.4) is 0 Å². The molecule has 1 atom stereocenters. The second-order valence-electron chi connectivity index (χ2n) is 5.12. The molecule has 108 valence electrons. The molecule has 4 heteroatoms. The molecule has 0 saturated heterocycles. The van der Waals surface area contributed by atoms with Gasteiger partial charge in [-0.3, -0.25) is 4.79 Å². The third kappa shape index (κ3) is 5.26. The van der Waals surface area contributed by atoms with Crippen molar-refractivity contribution in [1.29, 1.82) is 0 Å². The lowest BCUT2D eigenvalue weighted by atomic mass is 10.0. The number of aliphatic carboxylic acids is 1. The largest absolute Gasteiger partial charge is 0.480 e. The van der Waals surface area contributed by atoms with Crippen LogP contribution >= 0.6 is 0 Å². The average Bonchev–Trinajstić information content (AvgIpc) is 2.41. The van der Waals surface area contributed by atoms with Crippen LogP contribution in [0.5, 0.6) is 0 Å². The second kappa shape index (κ2) is 8.15. The molecule has 0 aliphatic rings. The van der Waals surface area contributed by atoms with Crippen molar-refractivity contribution in [2.24, 2.45) is 5.92 Å². The molecule has 0 aliphatic heterocycles. The molecule has 0 amide bonds. The summed E-state index contributed by atoms with van der Waals surface area (Å²) < 4.78 is 0. The molecular formula is C16H21NO3. The standard InChI is InChI=1S/C16H21NO3/c1-13(2)11-15(16(19)20)17(9-6-10-18)12-14-7-4-3-5-8-14/h3-10,13,15H,11-12H2,1-2H3,(H,19,20)/b9-6+/t15-/m1/s1. The van der Waals surface area contributed by atoms with Crippen LogP contribution in [0.15, 0.2) is 42.6 Å². The van der Waals surface area contributed by atoms with Gasteiger partial charge in [0.2, 0.25) is 0 Å². The van der Waals surface area contributed by atoms with E-state index in [1.54, 1.807) is 11.1 Å². The van der Waals surface area contributed by atoms with Crippen molar-refractivity contribution in [3.63, 3.8) is 0 Å². The fourth-order valence-corrected chi connectivity index (χ4v) is 2.03. The van der Waals surface area contributed by atoms with Gasteiger partial charge >= 0.3 is 5.97 Å². The molecule has 20 heavy (non-hydrogen) atoms. The van der Waals surface area contributed by atoms with E-state index in [4.69, 9.17) is 0 Å². The molecular weight excluding hydrogens is 254 g/mol. The number of allylic oxidation sites excluding steroid dienone is 1. The summed E-state index contributed by atoms with van der Waals surface area (Å²) in [6, 6.07) is 8.99. The zero-order valence-corrected chi connectivity index (χ0v) is 11.9. The van der Waals surface area contributed by atoms with Gasteiger partial charge in [0.05, 0.1) is 0 Å². The molecule has 0 unspecified atom stereocenters. The first kappa shape index (κ1) is 16.0. The van der Waals surface area contributed by atoms with Gasteiger partial charge in [-0.05, 0) is 24.0 Å². The van der Waals surface area contributed by atoms with E-state index in [9.17, 15) is 14.7 Å². The molecule has 1 rings (SSSR count). The summed E-state index contributed by atoms with van der Waals surface area (Å²) in [4.78, 5) is 23.7. The maximum atomic E-state index is 11.5. The quantitative estimate of drug-likeness (QED) is 0.585. The fraction of sp³-hybridized carbons (Fsp3) is 0.375. The molecule has 0 radical (unpaired) electrons. The van der Waals surface area contributed by atoms with Crippen LogP contribution in [0, 0.1) is 5.92 Å². The van der Waals surface area contributed by atoms with Gasteiger partial charge in [0.15, 0.2) is 0 Å². The Kier molecular flexibility index (Phi) is 6.50. The van der Waals surface area contributed by atoms with E-state index < -0.39 is 12.0 Å². The summed E-state index contributed by atoms with van der Waals surface area (Å²) in [5.74, 6) is -0.607. The molecule has 0 aromatic heterocycles. The normalized spacial score (nSPS) is 12.6. The number of nitrogens with zero attached hydrogens (tertiary/aromatic N) is 1. The Morgan fingerprint density at radius 1 is 1.30 bits per heavy atom. The maximum Gasteiger partial charge on any atom is 0.326 e. The number of hydrogen-bond donors (Lipinski definition) is 1. The Balaban J connectivity index is 2.93. The lowest BCUT2D eigenvalue weighted by Gasteiger charge is -2.28. The number of carboxylic acid groups (broad SMARTS) is 1. The topological polar surface area (TPSA) is 57.6 Å². The Bertz CT molecular complexity index is 454. The van der Waals surface area contributed by atoms with E-state index in [1.165, 1.54) is 6.08 Å². The highest BCUT2D eigenvalue weighted by atomic mass is 16.4. The lowest BCUT2D eigenvalue weighted by Crippen LogP contribution is -2.38. The minimum Gasteiger partial charge on any atom is -0.480 e. The third-order valence-electron chi connectivity index (χ3n) is 2.94. The van der Waals surface area contributed by atoms with Crippen molar-refractivity contribution in [2.45, 2.75) is 32.9 Å². The van der Waals surface area contributed by atoms with Crippen LogP contribution in [0.25, 0.3) is 0 Å². The Morgan fingerprint density at radius 3 is 2.45 bits per heavy atom. The predicted molar refractivity (Wildman–Crippen MR) is 78.1 cm³/mol. The van der Waals surface area contributed by atoms with Gasteiger partial charge in [0, 0.05) is 12.7 Å². The highest BCUT2D eigenvalue weighted by molar-refractivity contribution is 5.74. The van der Waals surface area contributed by atoms with Gasteiger partial charge in [-0.15, -0.1) is 0 Å². The molecule has 0 aliphatic carbocycles. The summed E-state index contributed by atoms with van der Waals surface area (Å²) in [5, 5.41) is 9.41. The number of carbonyl (C=O) groups excluding carboxylic acids is 1. The first-order valence-corrected chi connectivity index (χ1v) is 6.69.